The van der Waals surface area contributed by atoms with Gasteiger partial charge >= 0.3 is 6.09 Å². The van der Waals surface area contributed by atoms with Crippen LogP contribution in [-0.4, -0.2) is 100 Å². The molecule has 5 rings (SSSR count). The molecular weight excluding hydrogens is 548 g/mol. The summed E-state index contributed by atoms with van der Waals surface area (Å²) in [6, 6.07) is 13.2. The Morgan fingerprint density at radius 3 is 2.27 bits per heavy atom. The molecule has 0 spiro atoms. The third kappa shape index (κ3) is 6.24. The molecule has 2 aliphatic rings. The maximum Gasteiger partial charge on any atom is 0.409 e. The van der Waals surface area contributed by atoms with Crippen molar-refractivity contribution in [3.8, 4) is 11.3 Å². The summed E-state index contributed by atoms with van der Waals surface area (Å²) in [7, 11) is -3.26. The van der Waals surface area contributed by atoms with Gasteiger partial charge in [0.2, 0.25) is 10.0 Å². The summed E-state index contributed by atoms with van der Waals surface area (Å²) in [5.74, 6) is 0.370. The third-order valence-electron chi connectivity index (χ3n) is 7.60. The second kappa shape index (κ2) is 11.3. The van der Waals surface area contributed by atoms with Crippen LogP contribution in [0, 0.1) is 5.41 Å². The van der Waals surface area contributed by atoms with Crippen molar-refractivity contribution in [2.24, 2.45) is 5.73 Å². The SMILES string of the molecule is CS(=O)(=O)N1CCN([C@H]2C[C@@H](c3ncc(-c4ccc(NC(=O)O)cc4)[nH]3)N(C(=O)c3ccc(C(=N)N)cc3)C2)CC1. The van der Waals surface area contributed by atoms with Crippen molar-refractivity contribution in [2.45, 2.75) is 18.5 Å². The second-order valence-corrected chi connectivity index (χ2v) is 12.2. The van der Waals surface area contributed by atoms with E-state index in [4.69, 9.17) is 16.2 Å². The minimum Gasteiger partial charge on any atom is -0.465 e. The van der Waals surface area contributed by atoms with E-state index in [-0.39, 0.29) is 23.8 Å². The Bertz CT molecular complexity index is 1550. The van der Waals surface area contributed by atoms with Gasteiger partial charge in [0.05, 0.1) is 24.2 Å². The van der Waals surface area contributed by atoms with Crippen molar-refractivity contribution in [1.82, 2.24) is 24.1 Å². The van der Waals surface area contributed by atoms with Crippen molar-refractivity contribution in [3.05, 3.63) is 71.7 Å². The molecule has 2 atom stereocenters. The number of H-pyrrole nitrogens is 1. The summed E-state index contributed by atoms with van der Waals surface area (Å²) in [5.41, 5.74) is 8.56. The topological polar surface area (TPSA) is 189 Å². The molecule has 2 amide bonds. The van der Waals surface area contributed by atoms with E-state index >= 15 is 0 Å². The number of carbonyl (C=O) groups excluding carboxylic acids is 1. The van der Waals surface area contributed by atoms with Crippen LogP contribution in [0.4, 0.5) is 10.5 Å². The number of imidazole rings is 1. The van der Waals surface area contributed by atoms with E-state index in [0.717, 1.165) is 11.3 Å². The predicted octanol–water partition coefficient (Wildman–Crippen LogP) is 1.98. The zero-order chi connectivity index (χ0) is 29.3. The number of anilines is 1. The van der Waals surface area contributed by atoms with Gasteiger partial charge in [0.25, 0.3) is 5.91 Å². The van der Waals surface area contributed by atoms with E-state index in [9.17, 15) is 18.0 Å². The summed E-state index contributed by atoms with van der Waals surface area (Å²) in [5, 5.41) is 18.9. The molecule has 41 heavy (non-hydrogen) atoms. The van der Waals surface area contributed by atoms with Crippen molar-refractivity contribution < 1.29 is 23.1 Å². The number of benzene rings is 2. The highest BCUT2D eigenvalue weighted by Gasteiger charge is 2.41. The van der Waals surface area contributed by atoms with Crippen molar-refractivity contribution in [3.63, 3.8) is 0 Å². The lowest BCUT2D eigenvalue weighted by Crippen LogP contribution is -2.52. The van der Waals surface area contributed by atoms with Crippen LogP contribution in [-0.2, 0) is 10.0 Å². The quantitative estimate of drug-likeness (QED) is 0.207. The van der Waals surface area contributed by atoms with Gasteiger partial charge in [-0.15, -0.1) is 0 Å². The van der Waals surface area contributed by atoms with E-state index < -0.39 is 16.1 Å². The Kier molecular flexibility index (Phi) is 7.80. The van der Waals surface area contributed by atoms with Gasteiger partial charge < -0.3 is 20.7 Å². The number of nitrogens with two attached hydrogens (primary N) is 1. The summed E-state index contributed by atoms with van der Waals surface area (Å²) >= 11 is 0. The van der Waals surface area contributed by atoms with E-state index in [1.807, 2.05) is 0 Å². The number of carbonyl (C=O) groups is 2. The van der Waals surface area contributed by atoms with E-state index in [2.05, 4.69) is 20.2 Å². The number of hydrogen-bond donors (Lipinski definition) is 5. The molecule has 0 unspecified atom stereocenters. The Labute approximate surface area is 237 Å². The van der Waals surface area contributed by atoms with Gasteiger partial charge in [-0.25, -0.2) is 18.2 Å². The molecule has 3 heterocycles. The molecule has 2 fully saturated rings. The fourth-order valence-corrected chi connectivity index (χ4v) is 6.26. The van der Waals surface area contributed by atoms with Crippen LogP contribution in [0.1, 0.15) is 34.2 Å². The first-order valence-corrected chi connectivity index (χ1v) is 14.9. The van der Waals surface area contributed by atoms with Crippen LogP contribution in [0.15, 0.2) is 54.7 Å². The Morgan fingerprint density at radius 2 is 1.68 bits per heavy atom. The highest BCUT2D eigenvalue weighted by Crippen LogP contribution is 2.36. The van der Waals surface area contributed by atoms with Gasteiger partial charge in [0, 0.05) is 55.6 Å². The molecule has 2 aromatic carbocycles. The highest BCUT2D eigenvalue weighted by atomic mass is 32.2. The van der Waals surface area contributed by atoms with E-state index in [1.165, 1.54) is 10.6 Å². The lowest BCUT2D eigenvalue weighted by molar-refractivity contribution is 0.0713. The molecule has 0 bridgehead atoms. The summed E-state index contributed by atoms with van der Waals surface area (Å²) < 4.78 is 25.5. The molecule has 0 saturated carbocycles. The van der Waals surface area contributed by atoms with Gasteiger partial charge in [-0.1, -0.05) is 24.3 Å². The summed E-state index contributed by atoms with van der Waals surface area (Å²) in [6.07, 6.45) is 2.38. The number of aromatic amines is 1. The molecule has 3 aromatic rings. The fraction of sp³-hybridized carbons (Fsp3) is 0.333. The maximum absolute atomic E-state index is 13.8. The number of nitrogens with one attached hydrogen (secondary N) is 3. The smallest absolute Gasteiger partial charge is 0.409 e. The number of hydrogen-bond acceptors (Lipinski definition) is 7. The van der Waals surface area contributed by atoms with Crippen LogP contribution in [0.3, 0.4) is 0 Å². The first-order valence-electron chi connectivity index (χ1n) is 13.1. The van der Waals surface area contributed by atoms with Crippen LogP contribution in [0.2, 0.25) is 0 Å². The van der Waals surface area contributed by atoms with Crippen LogP contribution in [0.5, 0.6) is 0 Å². The number of amides is 2. The molecule has 0 aliphatic carbocycles. The van der Waals surface area contributed by atoms with Gasteiger partial charge in [-0.05, 0) is 36.2 Å². The van der Waals surface area contributed by atoms with Crippen molar-refractivity contribution >= 4 is 33.5 Å². The van der Waals surface area contributed by atoms with Crippen LogP contribution < -0.4 is 11.1 Å². The molecule has 2 saturated heterocycles. The lowest BCUT2D eigenvalue weighted by Gasteiger charge is -2.36. The third-order valence-corrected chi connectivity index (χ3v) is 8.90. The van der Waals surface area contributed by atoms with Gasteiger partial charge in [-0.3, -0.25) is 20.4 Å². The largest absolute Gasteiger partial charge is 0.465 e. The Morgan fingerprint density at radius 1 is 1.05 bits per heavy atom. The summed E-state index contributed by atoms with van der Waals surface area (Å²) in [4.78, 5) is 36.7. The number of amidine groups is 1. The predicted molar refractivity (Wildman–Crippen MR) is 153 cm³/mol. The first-order chi connectivity index (χ1) is 19.5. The number of rotatable bonds is 7. The minimum atomic E-state index is -3.26. The van der Waals surface area contributed by atoms with Crippen molar-refractivity contribution in [2.75, 3.05) is 44.3 Å². The highest BCUT2D eigenvalue weighted by molar-refractivity contribution is 7.88. The number of nitrogens with zero attached hydrogens (tertiary/aromatic N) is 4. The zero-order valence-electron chi connectivity index (χ0n) is 22.4. The molecule has 2 aliphatic heterocycles. The molecule has 13 nitrogen and oxygen atoms in total. The number of piperazine rings is 1. The average Bonchev–Trinajstić information content (AvgIpc) is 3.60. The van der Waals surface area contributed by atoms with Gasteiger partial charge in [0.15, 0.2) is 0 Å². The van der Waals surface area contributed by atoms with Crippen LogP contribution in [0.25, 0.3) is 11.3 Å². The fourth-order valence-electron chi connectivity index (χ4n) is 5.43. The monoisotopic (exact) mass is 580 g/mol. The summed E-state index contributed by atoms with van der Waals surface area (Å²) in [6.45, 7) is 2.39. The lowest BCUT2D eigenvalue weighted by atomic mass is 10.1. The zero-order valence-corrected chi connectivity index (χ0v) is 23.3. The minimum absolute atomic E-state index is 0.0112. The number of aromatic nitrogens is 2. The second-order valence-electron chi connectivity index (χ2n) is 10.2. The number of nitrogen functional groups attached to an aromatic ring is 1. The number of sulfonamides is 1. The Balaban J connectivity index is 1.39. The van der Waals surface area contributed by atoms with E-state index in [0.29, 0.717) is 61.8 Å². The first kappa shape index (κ1) is 28.3. The molecule has 6 N–H and O–H groups in total. The number of carboxylic acid groups (broad SMARTS) is 1. The standard InChI is InChI=1S/C27H32N8O5S/c1-41(39,40)34-12-10-33(11-13-34)21-14-23(35(16-21)26(36)19-4-2-18(3-5-19)24(28)29)25-30-15-22(32-25)17-6-8-20(9-7-17)31-27(37)38/h2-9,15,21,23,31H,10-14,16H2,1H3,(H3,28,29)(H,30,32)(H,37,38)/t21-,23-/m0/s1. The Hall–Kier alpha value is -4.27. The normalized spacial score (nSPS) is 20.2. The molecular formula is C27H32N8O5S. The molecule has 14 heteroatoms. The molecule has 216 valence electrons. The van der Waals surface area contributed by atoms with Crippen molar-refractivity contribution in [1.29, 1.82) is 5.41 Å². The maximum atomic E-state index is 13.8. The average molecular weight is 581 g/mol. The molecule has 1 aromatic heterocycles. The van der Waals surface area contributed by atoms with E-state index in [1.54, 1.807) is 59.6 Å². The van der Waals surface area contributed by atoms with Gasteiger partial charge in [0.1, 0.15) is 11.7 Å². The number of likely N-dealkylation sites (tertiary alicyclic amines) is 1. The van der Waals surface area contributed by atoms with Crippen LogP contribution >= 0.6 is 0 Å². The molecule has 0 radical (unpaired) electrons. The van der Waals surface area contributed by atoms with Gasteiger partial charge in [-0.2, -0.15) is 4.31 Å².